The minimum atomic E-state index is -0.450. The van der Waals surface area contributed by atoms with E-state index in [2.05, 4.69) is 11.4 Å². The highest BCUT2D eigenvalue weighted by molar-refractivity contribution is 6.33. The molecule has 0 fully saturated rings. The minimum Gasteiger partial charge on any atom is -0.380 e. The van der Waals surface area contributed by atoms with E-state index in [9.17, 15) is 4.79 Å². The van der Waals surface area contributed by atoms with Gasteiger partial charge < -0.3 is 11.1 Å². The molecule has 0 aromatic heterocycles. The highest BCUT2D eigenvalue weighted by Crippen LogP contribution is 2.23. The first-order chi connectivity index (χ1) is 9.60. The van der Waals surface area contributed by atoms with E-state index in [0.29, 0.717) is 28.4 Å². The Balaban J connectivity index is 2.09. The van der Waals surface area contributed by atoms with E-state index in [1.54, 1.807) is 30.3 Å². The molecule has 1 amide bonds. The van der Waals surface area contributed by atoms with Gasteiger partial charge in [0.25, 0.3) is 0 Å². The summed E-state index contributed by atoms with van der Waals surface area (Å²) in [5.41, 5.74) is 7.87. The van der Waals surface area contributed by atoms with Gasteiger partial charge in [-0.3, -0.25) is 4.79 Å². The van der Waals surface area contributed by atoms with Crippen LogP contribution in [-0.2, 0) is 6.54 Å². The number of primary amides is 1. The van der Waals surface area contributed by atoms with Gasteiger partial charge in [0.15, 0.2) is 0 Å². The molecule has 0 saturated carbocycles. The molecular weight excluding hydrogens is 274 g/mol. The lowest BCUT2D eigenvalue weighted by Gasteiger charge is -2.09. The fourth-order valence-electron chi connectivity index (χ4n) is 1.71. The Morgan fingerprint density at radius 3 is 2.55 bits per heavy atom. The summed E-state index contributed by atoms with van der Waals surface area (Å²) in [7, 11) is 0. The number of nitriles is 1. The molecule has 0 saturated heterocycles. The van der Waals surface area contributed by atoms with Gasteiger partial charge in [0.05, 0.1) is 22.3 Å². The van der Waals surface area contributed by atoms with Crippen molar-refractivity contribution >= 4 is 23.2 Å². The Hall–Kier alpha value is -2.51. The number of halogens is 1. The summed E-state index contributed by atoms with van der Waals surface area (Å²) in [5.74, 6) is -0.450. The molecule has 0 aliphatic carbocycles. The number of nitrogens with two attached hydrogens (primary N) is 1. The Morgan fingerprint density at radius 2 is 1.95 bits per heavy atom. The number of hydrogen-bond donors (Lipinski definition) is 2. The van der Waals surface area contributed by atoms with Crippen molar-refractivity contribution in [3.05, 3.63) is 64.2 Å². The molecule has 0 unspecified atom stereocenters. The number of anilines is 1. The molecule has 0 radical (unpaired) electrons. The Labute approximate surface area is 121 Å². The Kier molecular flexibility index (Phi) is 4.24. The van der Waals surface area contributed by atoms with Gasteiger partial charge in [0, 0.05) is 12.1 Å². The molecule has 0 aliphatic rings. The summed E-state index contributed by atoms with van der Waals surface area (Å²) in [6.07, 6.45) is 0. The normalized spacial score (nSPS) is 9.80. The van der Waals surface area contributed by atoms with Crippen molar-refractivity contribution in [1.29, 1.82) is 5.26 Å². The summed E-state index contributed by atoms with van der Waals surface area (Å²) in [4.78, 5) is 11.0. The van der Waals surface area contributed by atoms with Gasteiger partial charge in [-0.15, -0.1) is 0 Å². The summed E-state index contributed by atoms with van der Waals surface area (Å²) < 4.78 is 0. The second-order valence-corrected chi connectivity index (χ2v) is 4.63. The van der Waals surface area contributed by atoms with Crippen LogP contribution in [0.4, 0.5) is 5.69 Å². The largest absolute Gasteiger partial charge is 0.380 e. The zero-order valence-electron chi connectivity index (χ0n) is 10.6. The van der Waals surface area contributed by atoms with Gasteiger partial charge in [-0.05, 0) is 35.9 Å². The quantitative estimate of drug-likeness (QED) is 0.906. The fraction of sp³-hybridized carbons (Fsp3) is 0.0667. The smallest absolute Gasteiger partial charge is 0.248 e. The van der Waals surface area contributed by atoms with E-state index >= 15 is 0 Å². The number of nitrogens with one attached hydrogen (secondary N) is 1. The van der Waals surface area contributed by atoms with E-state index in [0.717, 1.165) is 5.56 Å². The number of nitrogens with zero attached hydrogens (tertiary/aromatic N) is 1. The third kappa shape index (κ3) is 3.28. The molecule has 100 valence electrons. The number of rotatable bonds is 4. The summed E-state index contributed by atoms with van der Waals surface area (Å²) in [6.45, 7) is 0.535. The van der Waals surface area contributed by atoms with Crippen LogP contribution in [0.2, 0.25) is 5.02 Å². The summed E-state index contributed by atoms with van der Waals surface area (Å²) in [6, 6.07) is 14.1. The lowest BCUT2D eigenvalue weighted by molar-refractivity contribution is 0.100. The summed E-state index contributed by atoms with van der Waals surface area (Å²) in [5, 5.41) is 12.6. The topological polar surface area (TPSA) is 78.9 Å². The molecule has 4 nitrogen and oxygen atoms in total. The molecule has 3 N–H and O–H groups in total. The molecule has 0 bridgehead atoms. The second kappa shape index (κ2) is 6.09. The van der Waals surface area contributed by atoms with Crippen molar-refractivity contribution < 1.29 is 4.79 Å². The fourth-order valence-corrected chi connectivity index (χ4v) is 1.90. The van der Waals surface area contributed by atoms with E-state index in [4.69, 9.17) is 22.6 Å². The zero-order valence-corrected chi connectivity index (χ0v) is 11.3. The predicted molar refractivity (Wildman–Crippen MR) is 78.5 cm³/mol. The minimum absolute atomic E-state index is 0.450. The maximum atomic E-state index is 11.0. The molecule has 20 heavy (non-hydrogen) atoms. The van der Waals surface area contributed by atoms with Crippen LogP contribution in [0.25, 0.3) is 0 Å². The van der Waals surface area contributed by atoms with Crippen LogP contribution in [0.5, 0.6) is 0 Å². The van der Waals surface area contributed by atoms with Gasteiger partial charge in [-0.2, -0.15) is 5.26 Å². The first kappa shape index (κ1) is 13.9. The first-order valence-corrected chi connectivity index (χ1v) is 6.30. The molecule has 2 aromatic carbocycles. The van der Waals surface area contributed by atoms with Crippen LogP contribution < -0.4 is 11.1 Å². The highest BCUT2D eigenvalue weighted by atomic mass is 35.5. The predicted octanol–water partition coefficient (Wildman–Crippen LogP) is 2.92. The molecular formula is C15H12ClN3O. The second-order valence-electron chi connectivity index (χ2n) is 4.22. The molecule has 0 atom stereocenters. The van der Waals surface area contributed by atoms with E-state index in [1.165, 1.54) is 0 Å². The third-order valence-electron chi connectivity index (χ3n) is 2.82. The maximum Gasteiger partial charge on any atom is 0.248 e. The van der Waals surface area contributed by atoms with Crippen molar-refractivity contribution in [2.45, 2.75) is 6.54 Å². The van der Waals surface area contributed by atoms with Crippen molar-refractivity contribution in [2.75, 3.05) is 5.32 Å². The number of amides is 1. The first-order valence-electron chi connectivity index (χ1n) is 5.92. The van der Waals surface area contributed by atoms with Crippen LogP contribution in [0.3, 0.4) is 0 Å². The van der Waals surface area contributed by atoms with Crippen molar-refractivity contribution in [1.82, 2.24) is 0 Å². The average Bonchev–Trinajstić information content (AvgIpc) is 2.47. The van der Waals surface area contributed by atoms with E-state index in [1.807, 2.05) is 12.1 Å². The van der Waals surface area contributed by atoms with Gasteiger partial charge in [-0.25, -0.2) is 0 Å². The van der Waals surface area contributed by atoms with Crippen LogP contribution in [-0.4, -0.2) is 5.91 Å². The monoisotopic (exact) mass is 285 g/mol. The SMILES string of the molecule is N#Cc1ccc(Cl)c(NCc2ccc(C(N)=O)cc2)c1. The summed E-state index contributed by atoms with van der Waals surface area (Å²) >= 11 is 6.05. The average molecular weight is 286 g/mol. The van der Waals surface area contributed by atoms with Gasteiger partial charge >= 0.3 is 0 Å². The third-order valence-corrected chi connectivity index (χ3v) is 3.15. The molecule has 2 rings (SSSR count). The zero-order chi connectivity index (χ0) is 14.5. The number of hydrogen-bond acceptors (Lipinski definition) is 3. The lowest BCUT2D eigenvalue weighted by Crippen LogP contribution is -2.10. The number of benzene rings is 2. The number of carbonyl (C=O) groups is 1. The highest BCUT2D eigenvalue weighted by Gasteiger charge is 2.03. The van der Waals surface area contributed by atoms with Crippen LogP contribution in [0.1, 0.15) is 21.5 Å². The van der Waals surface area contributed by atoms with Gasteiger partial charge in [0.1, 0.15) is 0 Å². The Morgan fingerprint density at radius 1 is 1.25 bits per heavy atom. The molecule has 0 spiro atoms. The van der Waals surface area contributed by atoms with Crippen molar-refractivity contribution in [3.8, 4) is 6.07 Å². The number of carbonyl (C=O) groups excluding carboxylic acids is 1. The molecule has 5 heteroatoms. The Bertz CT molecular complexity index is 675. The molecule has 0 heterocycles. The molecule has 2 aromatic rings. The van der Waals surface area contributed by atoms with Crippen molar-refractivity contribution in [2.24, 2.45) is 5.73 Å². The molecule has 0 aliphatic heterocycles. The van der Waals surface area contributed by atoms with Gasteiger partial charge in [0.2, 0.25) is 5.91 Å². The van der Waals surface area contributed by atoms with Crippen LogP contribution >= 0.6 is 11.6 Å². The van der Waals surface area contributed by atoms with Crippen LogP contribution in [0, 0.1) is 11.3 Å². The van der Waals surface area contributed by atoms with E-state index < -0.39 is 5.91 Å². The maximum absolute atomic E-state index is 11.0. The van der Waals surface area contributed by atoms with Crippen LogP contribution in [0.15, 0.2) is 42.5 Å². The van der Waals surface area contributed by atoms with E-state index in [-0.39, 0.29) is 0 Å². The lowest BCUT2D eigenvalue weighted by atomic mass is 10.1. The van der Waals surface area contributed by atoms with Gasteiger partial charge in [-0.1, -0.05) is 23.7 Å². The van der Waals surface area contributed by atoms with Crippen molar-refractivity contribution in [3.63, 3.8) is 0 Å². The standard InChI is InChI=1S/C15H12ClN3O/c16-13-6-3-11(8-17)7-14(13)19-9-10-1-4-12(5-2-10)15(18)20/h1-7,19H,9H2,(H2,18,20).